The maximum absolute atomic E-state index is 11.5. The normalized spacial score (nSPS) is 10.1. The minimum atomic E-state index is 0.0839. The first-order valence-electron chi connectivity index (χ1n) is 3.94. The molecule has 0 saturated carbocycles. The van der Waals surface area contributed by atoms with E-state index in [1.54, 1.807) is 24.4 Å². The topological polar surface area (TPSA) is 52.7 Å². The molecular weight excluding hydrogens is 202 g/mol. The Morgan fingerprint density at radius 3 is 2.71 bits per heavy atom. The van der Waals surface area contributed by atoms with Crippen LogP contribution in [-0.2, 0) is 0 Å². The fourth-order valence-electron chi connectivity index (χ4n) is 1.06. The van der Waals surface area contributed by atoms with Gasteiger partial charge in [0.1, 0.15) is 6.20 Å². The zero-order valence-corrected chi connectivity index (χ0v) is 7.85. The molecule has 2 aromatic rings. The average Bonchev–Trinajstić information content (AvgIpc) is 2.23. The van der Waals surface area contributed by atoms with Gasteiger partial charge in [0.15, 0.2) is 5.69 Å². The molecule has 2 rings (SSSR count). The minimum Gasteiger partial charge on any atom is -0.709 e. The van der Waals surface area contributed by atoms with Crippen LogP contribution in [0.25, 0.3) is 11.5 Å². The van der Waals surface area contributed by atoms with Crippen molar-refractivity contribution >= 4 is 11.6 Å². The standard InChI is InChI=1S/C9H6ClN3O/c10-8-4-6-12-9(13(8)14)7-3-1-2-5-11-7/h1-6H. The van der Waals surface area contributed by atoms with Gasteiger partial charge in [-0.3, -0.25) is 0 Å². The summed E-state index contributed by atoms with van der Waals surface area (Å²) in [6, 6.07) is 6.68. The lowest BCUT2D eigenvalue weighted by molar-refractivity contribution is -0.594. The fourth-order valence-corrected chi connectivity index (χ4v) is 1.19. The molecule has 0 aromatic carbocycles. The monoisotopic (exact) mass is 207 g/mol. The quantitative estimate of drug-likeness (QED) is 0.404. The summed E-state index contributed by atoms with van der Waals surface area (Å²) >= 11 is 5.65. The highest BCUT2D eigenvalue weighted by molar-refractivity contribution is 6.28. The second kappa shape index (κ2) is 3.59. The Morgan fingerprint density at radius 1 is 1.14 bits per heavy atom. The van der Waals surface area contributed by atoms with Crippen LogP contribution in [0.2, 0.25) is 5.15 Å². The number of hydrogen-bond donors (Lipinski definition) is 0. The van der Waals surface area contributed by atoms with Crippen LogP contribution in [0, 0.1) is 5.21 Å². The Balaban J connectivity index is 2.58. The van der Waals surface area contributed by atoms with Crippen LogP contribution in [0.4, 0.5) is 0 Å². The number of rotatable bonds is 1. The molecule has 5 heteroatoms. The van der Waals surface area contributed by atoms with Gasteiger partial charge in [0.25, 0.3) is 0 Å². The van der Waals surface area contributed by atoms with E-state index >= 15 is 0 Å². The molecule has 14 heavy (non-hydrogen) atoms. The molecule has 2 aromatic heterocycles. The van der Waals surface area contributed by atoms with Crippen LogP contribution in [0.3, 0.4) is 0 Å². The Morgan fingerprint density at radius 2 is 2.00 bits per heavy atom. The van der Waals surface area contributed by atoms with Crippen molar-refractivity contribution in [3.8, 4) is 11.5 Å². The molecule has 0 atom stereocenters. The highest BCUT2D eigenvalue weighted by Gasteiger charge is 2.13. The maximum Gasteiger partial charge on any atom is 0.352 e. The third kappa shape index (κ3) is 1.52. The molecule has 70 valence electrons. The number of hydrogen-bond acceptors (Lipinski definition) is 3. The van der Waals surface area contributed by atoms with E-state index in [2.05, 4.69) is 9.97 Å². The van der Waals surface area contributed by atoms with Crippen molar-refractivity contribution in [2.75, 3.05) is 0 Å². The van der Waals surface area contributed by atoms with Crippen LogP contribution < -0.4 is 4.73 Å². The summed E-state index contributed by atoms with van der Waals surface area (Å²) in [4.78, 5) is 7.92. The number of halogens is 1. The van der Waals surface area contributed by atoms with Gasteiger partial charge in [0, 0.05) is 12.3 Å². The summed E-state index contributed by atoms with van der Waals surface area (Å²) in [7, 11) is 0. The third-order valence-corrected chi connectivity index (χ3v) is 1.97. The van der Waals surface area contributed by atoms with Crippen molar-refractivity contribution in [1.82, 2.24) is 9.97 Å². The van der Waals surface area contributed by atoms with Crippen LogP contribution in [0.5, 0.6) is 0 Å². The Kier molecular flexibility index (Phi) is 2.28. The van der Waals surface area contributed by atoms with Crippen LogP contribution in [-0.4, -0.2) is 9.97 Å². The molecular formula is C9H6ClN3O. The minimum absolute atomic E-state index is 0.0839. The first-order chi connectivity index (χ1) is 6.79. The molecule has 0 amide bonds. The fraction of sp³-hybridized carbons (Fsp3) is 0. The predicted molar refractivity (Wildman–Crippen MR) is 51.4 cm³/mol. The van der Waals surface area contributed by atoms with Gasteiger partial charge >= 0.3 is 5.82 Å². The smallest absolute Gasteiger partial charge is 0.352 e. The summed E-state index contributed by atoms with van der Waals surface area (Å²) in [5.74, 6) is 0.207. The van der Waals surface area contributed by atoms with Crippen LogP contribution >= 0.6 is 11.6 Å². The van der Waals surface area contributed by atoms with E-state index in [1.165, 1.54) is 12.3 Å². The van der Waals surface area contributed by atoms with Gasteiger partial charge in [0.05, 0.1) is 0 Å². The van der Waals surface area contributed by atoms with Crippen molar-refractivity contribution in [2.24, 2.45) is 0 Å². The first kappa shape index (κ1) is 8.90. The van der Waals surface area contributed by atoms with Gasteiger partial charge in [-0.2, -0.15) is 0 Å². The Hall–Kier alpha value is -1.68. The maximum atomic E-state index is 11.5. The van der Waals surface area contributed by atoms with E-state index in [-0.39, 0.29) is 11.0 Å². The SMILES string of the molecule is [O-][n+]1c(Cl)ccnc1-c1ccccn1. The van der Waals surface area contributed by atoms with E-state index in [1.807, 2.05) is 0 Å². The molecule has 2 heterocycles. The number of pyridine rings is 1. The summed E-state index contributed by atoms with van der Waals surface area (Å²) < 4.78 is 0.546. The van der Waals surface area contributed by atoms with E-state index in [0.717, 1.165) is 0 Å². The molecule has 0 fully saturated rings. The van der Waals surface area contributed by atoms with E-state index < -0.39 is 0 Å². The zero-order valence-electron chi connectivity index (χ0n) is 7.09. The molecule has 0 bridgehead atoms. The first-order valence-corrected chi connectivity index (χ1v) is 4.32. The van der Waals surface area contributed by atoms with E-state index in [0.29, 0.717) is 10.4 Å². The molecule has 0 aliphatic heterocycles. The van der Waals surface area contributed by atoms with Crippen molar-refractivity contribution in [1.29, 1.82) is 0 Å². The second-order valence-corrected chi connectivity index (χ2v) is 2.99. The average molecular weight is 208 g/mol. The van der Waals surface area contributed by atoms with Gasteiger partial charge in [-0.25, -0.2) is 9.71 Å². The molecule has 0 saturated heterocycles. The van der Waals surface area contributed by atoms with Crippen LogP contribution in [0.1, 0.15) is 0 Å². The predicted octanol–water partition coefficient (Wildman–Crippen LogP) is 1.43. The third-order valence-electron chi connectivity index (χ3n) is 1.69. The van der Waals surface area contributed by atoms with Crippen molar-refractivity contribution in [2.45, 2.75) is 0 Å². The second-order valence-electron chi connectivity index (χ2n) is 2.60. The molecule has 4 nitrogen and oxygen atoms in total. The highest BCUT2D eigenvalue weighted by atomic mass is 35.5. The van der Waals surface area contributed by atoms with Gasteiger partial charge in [-0.05, 0) is 28.7 Å². The largest absolute Gasteiger partial charge is 0.709 e. The molecule has 0 aliphatic rings. The van der Waals surface area contributed by atoms with Crippen LogP contribution in [0.15, 0.2) is 36.7 Å². The van der Waals surface area contributed by atoms with Gasteiger partial charge in [-0.15, -0.1) is 0 Å². The Labute approximate surface area is 85.4 Å². The van der Waals surface area contributed by atoms with Gasteiger partial charge < -0.3 is 5.21 Å². The summed E-state index contributed by atoms with van der Waals surface area (Å²) in [5.41, 5.74) is 0.505. The van der Waals surface area contributed by atoms with Crippen molar-refractivity contribution < 1.29 is 4.73 Å². The number of aromatic nitrogens is 3. The highest BCUT2D eigenvalue weighted by Crippen LogP contribution is 2.10. The summed E-state index contributed by atoms with van der Waals surface area (Å²) in [5, 5.41) is 11.5. The Bertz CT molecular complexity index is 447. The van der Waals surface area contributed by atoms with Crippen molar-refractivity contribution in [3.63, 3.8) is 0 Å². The lowest BCUT2D eigenvalue weighted by atomic mass is 10.3. The van der Waals surface area contributed by atoms with E-state index in [9.17, 15) is 5.21 Å². The lowest BCUT2D eigenvalue weighted by Gasteiger charge is -2.05. The van der Waals surface area contributed by atoms with Gasteiger partial charge in [-0.1, -0.05) is 6.07 Å². The van der Waals surface area contributed by atoms with Gasteiger partial charge in [0.2, 0.25) is 5.15 Å². The molecule has 0 unspecified atom stereocenters. The molecule has 0 spiro atoms. The van der Waals surface area contributed by atoms with Crippen molar-refractivity contribution in [3.05, 3.63) is 47.0 Å². The lowest BCUT2D eigenvalue weighted by Crippen LogP contribution is -2.31. The number of nitrogens with zero attached hydrogens (tertiary/aromatic N) is 3. The zero-order chi connectivity index (χ0) is 9.97. The molecule has 0 aliphatic carbocycles. The molecule has 0 radical (unpaired) electrons. The summed E-state index contributed by atoms with van der Waals surface area (Å²) in [6.45, 7) is 0. The van der Waals surface area contributed by atoms with E-state index in [4.69, 9.17) is 11.6 Å². The molecule has 0 N–H and O–H groups in total. The summed E-state index contributed by atoms with van der Waals surface area (Å²) in [6.07, 6.45) is 3.07.